The van der Waals surface area contributed by atoms with Gasteiger partial charge in [0.25, 0.3) is 0 Å². The Morgan fingerprint density at radius 1 is 1.11 bits per heavy atom. The molecule has 2 aromatic carbocycles. The normalized spacial score (nSPS) is 15.8. The summed E-state index contributed by atoms with van der Waals surface area (Å²) < 4.78 is 50.1. The standard InChI is InChI=1S/C25H30F3N3O4/c1-24(2,3)29-23(32)31(14-16-7-6-8-18(11-16)25(26,27)28)15-19-13-20(30-35-19)17-9-10-21(33-4)22(12-17)34-5/h6-12,19H,13-15H2,1-5H3,(H,29,32)/t19-/m1/s1. The first kappa shape index (κ1) is 26.2. The Morgan fingerprint density at radius 3 is 2.46 bits per heavy atom. The van der Waals surface area contributed by atoms with Crippen LogP contribution in [0.15, 0.2) is 47.6 Å². The average molecular weight is 494 g/mol. The van der Waals surface area contributed by atoms with Crippen molar-refractivity contribution in [1.29, 1.82) is 0 Å². The summed E-state index contributed by atoms with van der Waals surface area (Å²) in [5.74, 6) is 1.13. The van der Waals surface area contributed by atoms with Gasteiger partial charge in [-0.3, -0.25) is 0 Å². The molecule has 1 N–H and O–H groups in total. The maximum absolute atomic E-state index is 13.2. The largest absolute Gasteiger partial charge is 0.493 e. The maximum Gasteiger partial charge on any atom is 0.416 e. The van der Waals surface area contributed by atoms with E-state index in [0.29, 0.717) is 29.2 Å². The first-order valence-corrected chi connectivity index (χ1v) is 11.1. The molecule has 2 aromatic rings. The van der Waals surface area contributed by atoms with Crippen LogP contribution in [-0.2, 0) is 17.6 Å². The minimum absolute atomic E-state index is 0.0165. The number of nitrogens with zero attached hydrogens (tertiary/aromatic N) is 2. The van der Waals surface area contributed by atoms with Crippen molar-refractivity contribution < 1.29 is 32.3 Å². The van der Waals surface area contributed by atoms with Crippen LogP contribution in [0.5, 0.6) is 11.5 Å². The Hall–Kier alpha value is -3.43. The molecule has 2 amide bonds. The Kier molecular flexibility index (Phi) is 7.82. The van der Waals surface area contributed by atoms with Gasteiger partial charge < -0.3 is 24.5 Å². The number of ether oxygens (including phenoxy) is 2. The number of alkyl halides is 3. The molecule has 0 spiro atoms. The highest BCUT2D eigenvalue weighted by atomic mass is 19.4. The van der Waals surface area contributed by atoms with Crippen LogP contribution in [-0.4, -0.2) is 49.0 Å². The summed E-state index contributed by atoms with van der Waals surface area (Å²) >= 11 is 0. The van der Waals surface area contributed by atoms with Crippen LogP contribution in [0.3, 0.4) is 0 Å². The van der Waals surface area contributed by atoms with E-state index in [1.54, 1.807) is 25.3 Å². The van der Waals surface area contributed by atoms with Crippen molar-refractivity contribution >= 4 is 11.7 Å². The molecule has 0 aromatic heterocycles. The van der Waals surface area contributed by atoms with Crippen molar-refractivity contribution in [2.24, 2.45) is 5.16 Å². The molecule has 0 radical (unpaired) electrons. The number of carbonyl (C=O) groups excluding carboxylic acids is 1. The molecule has 0 fully saturated rings. The molecule has 1 aliphatic heterocycles. The summed E-state index contributed by atoms with van der Waals surface area (Å²) in [5, 5.41) is 7.04. The van der Waals surface area contributed by atoms with Gasteiger partial charge in [-0.05, 0) is 56.7 Å². The second kappa shape index (κ2) is 10.5. The van der Waals surface area contributed by atoms with E-state index in [0.717, 1.165) is 17.7 Å². The molecule has 10 heteroatoms. The van der Waals surface area contributed by atoms with Crippen LogP contribution in [0.1, 0.15) is 43.9 Å². The molecule has 7 nitrogen and oxygen atoms in total. The van der Waals surface area contributed by atoms with Crippen LogP contribution >= 0.6 is 0 Å². The van der Waals surface area contributed by atoms with Crippen molar-refractivity contribution in [2.75, 3.05) is 20.8 Å². The Bertz CT molecular complexity index is 1080. The molecule has 1 aliphatic rings. The third-order valence-corrected chi connectivity index (χ3v) is 5.27. The van der Waals surface area contributed by atoms with E-state index in [4.69, 9.17) is 14.3 Å². The van der Waals surface area contributed by atoms with Crippen molar-refractivity contribution in [3.8, 4) is 11.5 Å². The first-order valence-electron chi connectivity index (χ1n) is 11.1. The molecule has 0 bridgehead atoms. The number of nitrogens with one attached hydrogen (secondary N) is 1. The van der Waals surface area contributed by atoms with Gasteiger partial charge >= 0.3 is 12.2 Å². The lowest BCUT2D eigenvalue weighted by Crippen LogP contribution is -2.50. The number of halogens is 3. The van der Waals surface area contributed by atoms with E-state index in [2.05, 4.69) is 10.5 Å². The van der Waals surface area contributed by atoms with E-state index in [-0.39, 0.29) is 13.1 Å². The number of urea groups is 1. The number of rotatable bonds is 7. The fourth-order valence-corrected chi connectivity index (χ4v) is 3.64. The number of oxime groups is 1. The maximum atomic E-state index is 13.2. The summed E-state index contributed by atoms with van der Waals surface area (Å²) in [6.45, 7) is 5.61. The molecule has 1 atom stereocenters. The molecular formula is C25H30F3N3O4. The number of amides is 2. The summed E-state index contributed by atoms with van der Waals surface area (Å²) in [7, 11) is 3.09. The van der Waals surface area contributed by atoms with Crippen molar-refractivity contribution in [3.05, 3.63) is 59.2 Å². The Balaban J connectivity index is 1.76. The number of carbonyl (C=O) groups is 1. The molecule has 3 rings (SSSR count). The fraction of sp³-hybridized carbons (Fsp3) is 0.440. The quantitative estimate of drug-likeness (QED) is 0.574. The molecule has 1 heterocycles. The molecule has 0 unspecified atom stereocenters. The van der Waals surface area contributed by atoms with Crippen molar-refractivity contribution in [1.82, 2.24) is 10.2 Å². The van der Waals surface area contributed by atoms with Crippen LogP contribution < -0.4 is 14.8 Å². The summed E-state index contributed by atoms with van der Waals surface area (Å²) in [5.41, 5.74) is 0.534. The molecule has 190 valence electrons. The van der Waals surface area contributed by atoms with Crippen molar-refractivity contribution in [2.45, 2.75) is 51.6 Å². The topological polar surface area (TPSA) is 72.4 Å². The number of hydrogen-bond donors (Lipinski definition) is 1. The monoisotopic (exact) mass is 493 g/mol. The van der Waals surface area contributed by atoms with Gasteiger partial charge in [0.2, 0.25) is 0 Å². The summed E-state index contributed by atoms with van der Waals surface area (Å²) in [6, 6.07) is 9.94. The first-order chi connectivity index (χ1) is 16.4. The predicted octanol–water partition coefficient (Wildman–Crippen LogP) is 5.23. The van der Waals surface area contributed by atoms with Gasteiger partial charge in [0.05, 0.1) is 32.0 Å². The van der Waals surface area contributed by atoms with Crippen LogP contribution in [0.4, 0.5) is 18.0 Å². The Morgan fingerprint density at radius 2 is 1.83 bits per heavy atom. The number of hydrogen-bond acceptors (Lipinski definition) is 5. The smallest absolute Gasteiger partial charge is 0.416 e. The third-order valence-electron chi connectivity index (χ3n) is 5.27. The SMILES string of the molecule is COc1ccc(C2=NO[C@@H](CN(Cc3cccc(C(F)(F)F)c3)C(=O)NC(C)(C)C)C2)cc1OC. The molecule has 35 heavy (non-hydrogen) atoms. The minimum atomic E-state index is -4.47. The van der Waals surface area contributed by atoms with Gasteiger partial charge in [-0.1, -0.05) is 17.3 Å². The molecular weight excluding hydrogens is 463 g/mol. The number of methoxy groups -OCH3 is 2. The second-order valence-corrected chi connectivity index (χ2v) is 9.30. The zero-order chi connectivity index (χ0) is 25.8. The van der Waals surface area contributed by atoms with E-state index in [1.165, 1.54) is 18.1 Å². The van der Waals surface area contributed by atoms with Crippen LogP contribution in [0.2, 0.25) is 0 Å². The lowest BCUT2D eigenvalue weighted by Gasteiger charge is -2.30. The zero-order valence-electron chi connectivity index (χ0n) is 20.4. The minimum Gasteiger partial charge on any atom is -0.493 e. The third kappa shape index (κ3) is 7.03. The highest BCUT2D eigenvalue weighted by Crippen LogP contribution is 2.31. The fourth-order valence-electron chi connectivity index (χ4n) is 3.64. The van der Waals surface area contributed by atoms with E-state index in [1.807, 2.05) is 26.8 Å². The van der Waals surface area contributed by atoms with Gasteiger partial charge in [0, 0.05) is 24.1 Å². The van der Waals surface area contributed by atoms with E-state index >= 15 is 0 Å². The van der Waals surface area contributed by atoms with E-state index in [9.17, 15) is 18.0 Å². The number of benzene rings is 2. The predicted molar refractivity (Wildman–Crippen MR) is 126 cm³/mol. The lowest BCUT2D eigenvalue weighted by molar-refractivity contribution is -0.137. The Labute approximate surface area is 202 Å². The summed E-state index contributed by atoms with van der Waals surface area (Å²) in [4.78, 5) is 20.0. The van der Waals surface area contributed by atoms with E-state index < -0.39 is 29.4 Å². The van der Waals surface area contributed by atoms with Gasteiger partial charge in [0.15, 0.2) is 17.6 Å². The van der Waals surface area contributed by atoms with Crippen LogP contribution in [0, 0.1) is 0 Å². The van der Waals surface area contributed by atoms with Gasteiger partial charge in [0.1, 0.15) is 0 Å². The van der Waals surface area contributed by atoms with Gasteiger partial charge in [-0.15, -0.1) is 0 Å². The van der Waals surface area contributed by atoms with Gasteiger partial charge in [-0.2, -0.15) is 13.2 Å². The second-order valence-electron chi connectivity index (χ2n) is 9.30. The highest BCUT2D eigenvalue weighted by Gasteiger charge is 2.32. The molecule has 0 saturated heterocycles. The summed E-state index contributed by atoms with van der Waals surface area (Å²) in [6.07, 6.45) is -4.52. The lowest BCUT2D eigenvalue weighted by atomic mass is 10.0. The van der Waals surface area contributed by atoms with Crippen molar-refractivity contribution in [3.63, 3.8) is 0 Å². The molecule has 0 saturated carbocycles. The average Bonchev–Trinajstić information content (AvgIpc) is 3.25. The zero-order valence-corrected chi connectivity index (χ0v) is 20.4. The highest BCUT2D eigenvalue weighted by molar-refractivity contribution is 6.01. The molecule has 0 aliphatic carbocycles. The van der Waals surface area contributed by atoms with Crippen LogP contribution in [0.25, 0.3) is 0 Å². The van der Waals surface area contributed by atoms with Gasteiger partial charge in [-0.25, -0.2) is 4.79 Å².